The normalized spacial score (nSPS) is 10.0. The molecule has 2 rings (SSSR count). The van der Waals surface area contributed by atoms with E-state index >= 15 is 0 Å². The maximum absolute atomic E-state index is 12.1. The van der Waals surface area contributed by atoms with E-state index in [0.717, 1.165) is 17.8 Å². The van der Waals surface area contributed by atoms with Gasteiger partial charge < -0.3 is 10.6 Å². The first-order chi connectivity index (χ1) is 9.20. The van der Waals surface area contributed by atoms with Crippen LogP contribution in [0.4, 0.5) is 11.5 Å². The fraction of sp³-hybridized carbons (Fsp3) is 0.231. The number of carbonyl (C=O) groups excluding carboxylic acids is 1. The Hall–Kier alpha value is -2.50. The molecule has 0 atom stereocenters. The Morgan fingerprint density at radius 2 is 2.11 bits per heavy atom. The Bertz CT molecular complexity index is 585. The van der Waals surface area contributed by atoms with E-state index < -0.39 is 0 Å². The minimum Gasteiger partial charge on any atom is -0.369 e. The number of rotatable bonds is 4. The lowest BCUT2D eigenvalue weighted by molar-refractivity contribution is 0.102. The molecule has 1 amide bonds. The van der Waals surface area contributed by atoms with Crippen LogP contribution in [0, 0.1) is 6.92 Å². The monoisotopic (exact) mass is 257 g/mol. The minimum atomic E-state index is -0.290. The van der Waals surface area contributed by atoms with Gasteiger partial charge in [0.2, 0.25) is 0 Å². The van der Waals surface area contributed by atoms with Gasteiger partial charge in [-0.05, 0) is 25.5 Å². The van der Waals surface area contributed by atoms with Crippen LogP contribution in [0.5, 0.6) is 0 Å². The second-order valence-electron chi connectivity index (χ2n) is 3.96. The smallest absolute Gasteiger partial charge is 0.275 e. The highest BCUT2D eigenvalue weighted by molar-refractivity contribution is 6.03. The van der Waals surface area contributed by atoms with Crippen LogP contribution in [0.2, 0.25) is 0 Å². The SMILES string of the molecule is CCNc1cncc(C(=O)Nc2ccncc2C)n1. The molecule has 0 unspecified atom stereocenters. The Balaban J connectivity index is 2.16. The molecule has 0 aliphatic carbocycles. The molecular weight excluding hydrogens is 242 g/mol. The molecule has 0 saturated heterocycles. The van der Waals surface area contributed by atoms with E-state index in [1.807, 2.05) is 13.8 Å². The Morgan fingerprint density at radius 3 is 2.84 bits per heavy atom. The number of hydrogen-bond acceptors (Lipinski definition) is 5. The first-order valence-corrected chi connectivity index (χ1v) is 5.98. The van der Waals surface area contributed by atoms with Gasteiger partial charge in [-0.3, -0.25) is 14.8 Å². The van der Waals surface area contributed by atoms with Crippen LogP contribution in [-0.4, -0.2) is 27.4 Å². The topological polar surface area (TPSA) is 79.8 Å². The molecule has 6 nitrogen and oxygen atoms in total. The van der Waals surface area contributed by atoms with Gasteiger partial charge in [0, 0.05) is 24.6 Å². The molecule has 2 heterocycles. The Labute approximate surface area is 111 Å². The third-order valence-electron chi connectivity index (χ3n) is 2.49. The lowest BCUT2D eigenvalue weighted by atomic mass is 10.2. The number of pyridine rings is 1. The maximum Gasteiger partial charge on any atom is 0.275 e. The molecular formula is C13H15N5O. The lowest BCUT2D eigenvalue weighted by Gasteiger charge is -2.08. The summed E-state index contributed by atoms with van der Waals surface area (Å²) in [6.07, 6.45) is 6.34. The highest BCUT2D eigenvalue weighted by Crippen LogP contribution is 2.13. The van der Waals surface area contributed by atoms with Crippen molar-refractivity contribution in [2.24, 2.45) is 0 Å². The van der Waals surface area contributed by atoms with E-state index in [9.17, 15) is 4.79 Å². The van der Waals surface area contributed by atoms with Gasteiger partial charge in [-0.15, -0.1) is 0 Å². The number of nitrogens with zero attached hydrogens (tertiary/aromatic N) is 3. The number of aromatic nitrogens is 3. The fourth-order valence-electron chi connectivity index (χ4n) is 1.54. The van der Waals surface area contributed by atoms with E-state index in [-0.39, 0.29) is 11.6 Å². The third kappa shape index (κ3) is 3.25. The van der Waals surface area contributed by atoms with Crippen LogP contribution < -0.4 is 10.6 Å². The van der Waals surface area contributed by atoms with Gasteiger partial charge in [-0.1, -0.05) is 0 Å². The summed E-state index contributed by atoms with van der Waals surface area (Å²) < 4.78 is 0. The molecule has 0 aromatic carbocycles. The molecule has 2 N–H and O–H groups in total. The molecule has 0 bridgehead atoms. The van der Waals surface area contributed by atoms with E-state index in [1.54, 1.807) is 24.7 Å². The molecule has 2 aromatic rings. The number of carbonyl (C=O) groups is 1. The minimum absolute atomic E-state index is 0.273. The molecule has 98 valence electrons. The van der Waals surface area contributed by atoms with Crippen LogP contribution >= 0.6 is 0 Å². The van der Waals surface area contributed by atoms with Crippen molar-refractivity contribution in [3.8, 4) is 0 Å². The first kappa shape index (κ1) is 12.9. The van der Waals surface area contributed by atoms with Crippen molar-refractivity contribution in [2.75, 3.05) is 17.2 Å². The Morgan fingerprint density at radius 1 is 1.26 bits per heavy atom. The molecule has 0 fully saturated rings. The van der Waals surface area contributed by atoms with Gasteiger partial charge in [0.1, 0.15) is 11.5 Å². The summed E-state index contributed by atoms with van der Waals surface area (Å²) in [4.78, 5) is 24.2. The van der Waals surface area contributed by atoms with Crippen LogP contribution in [0.15, 0.2) is 30.9 Å². The zero-order valence-corrected chi connectivity index (χ0v) is 10.8. The average molecular weight is 257 g/mol. The van der Waals surface area contributed by atoms with Crippen LogP contribution in [0.1, 0.15) is 23.0 Å². The van der Waals surface area contributed by atoms with Gasteiger partial charge in [-0.25, -0.2) is 4.98 Å². The zero-order chi connectivity index (χ0) is 13.7. The first-order valence-electron chi connectivity index (χ1n) is 5.98. The van der Waals surface area contributed by atoms with E-state index in [1.165, 1.54) is 6.20 Å². The highest BCUT2D eigenvalue weighted by atomic mass is 16.1. The van der Waals surface area contributed by atoms with Crippen molar-refractivity contribution in [2.45, 2.75) is 13.8 Å². The average Bonchev–Trinajstić information content (AvgIpc) is 2.42. The van der Waals surface area contributed by atoms with Gasteiger partial charge in [0.05, 0.1) is 12.4 Å². The summed E-state index contributed by atoms with van der Waals surface area (Å²) in [7, 11) is 0. The van der Waals surface area contributed by atoms with Crippen LogP contribution in [0.25, 0.3) is 0 Å². The van der Waals surface area contributed by atoms with Gasteiger partial charge in [-0.2, -0.15) is 0 Å². The van der Waals surface area contributed by atoms with E-state index in [4.69, 9.17) is 0 Å². The van der Waals surface area contributed by atoms with Gasteiger partial charge in [0.25, 0.3) is 5.91 Å². The molecule has 0 radical (unpaired) electrons. The number of nitrogens with one attached hydrogen (secondary N) is 2. The van der Waals surface area contributed by atoms with Crippen molar-refractivity contribution in [1.82, 2.24) is 15.0 Å². The molecule has 0 aliphatic rings. The van der Waals surface area contributed by atoms with Crippen LogP contribution in [-0.2, 0) is 0 Å². The summed E-state index contributed by atoms with van der Waals surface area (Å²) in [5.41, 5.74) is 1.89. The molecule has 19 heavy (non-hydrogen) atoms. The third-order valence-corrected chi connectivity index (χ3v) is 2.49. The quantitative estimate of drug-likeness (QED) is 0.874. The fourth-order valence-corrected chi connectivity index (χ4v) is 1.54. The highest BCUT2D eigenvalue weighted by Gasteiger charge is 2.10. The second-order valence-corrected chi connectivity index (χ2v) is 3.96. The van der Waals surface area contributed by atoms with Crippen molar-refractivity contribution in [3.05, 3.63) is 42.1 Å². The van der Waals surface area contributed by atoms with Crippen molar-refractivity contribution < 1.29 is 4.79 Å². The number of anilines is 2. The lowest BCUT2D eigenvalue weighted by Crippen LogP contribution is -2.16. The molecule has 0 spiro atoms. The van der Waals surface area contributed by atoms with Crippen LogP contribution in [0.3, 0.4) is 0 Å². The summed E-state index contributed by atoms with van der Waals surface area (Å²) >= 11 is 0. The van der Waals surface area contributed by atoms with E-state index in [0.29, 0.717) is 5.82 Å². The largest absolute Gasteiger partial charge is 0.369 e. The molecule has 0 aliphatic heterocycles. The summed E-state index contributed by atoms with van der Waals surface area (Å²) in [5, 5.41) is 5.80. The predicted octanol–water partition coefficient (Wildman–Crippen LogP) is 1.86. The van der Waals surface area contributed by atoms with Crippen molar-refractivity contribution >= 4 is 17.4 Å². The molecule has 2 aromatic heterocycles. The summed E-state index contributed by atoms with van der Waals surface area (Å²) in [5.74, 6) is 0.295. The predicted molar refractivity (Wildman–Crippen MR) is 73.1 cm³/mol. The van der Waals surface area contributed by atoms with Crippen molar-refractivity contribution in [1.29, 1.82) is 0 Å². The summed E-state index contributed by atoms with van der Waals surface area (Å²) in [6.45, 7) is 4.56. The number of hydrogen-bond donors (Lipinski definition) is 2. The molecule has 6 heteroatoms. The second kappa shape index (κ2) is 5.90. The number of amides is 1. The van der Waals surface area contributed by atoms with E-state index in [2.05, 4.69) is 25.6 Å². The maximum atomic E-state index is 12.1. The van der Waals surface area contributed by atoms with Gasteiger partial charge in [0.15, 0.2) is 0 Å². The van der Waals surface area contributed by atoms with Gasteiger partial charge >= 0.3 is 0 Å². The standard InChI is InChI=1S/C13H15N5O/c1-3-16-12-8-15-7-11(17-12)13(19)18-10-4-5-14-6-9(10)2/h4-8H,3H2,1-2H3,(H,16,17)(H,14,18,19). The number of aryl methyl sites for hydroxylation is 1. The Kier molecular flexibility index (Phi) is 4.02. The van der Waals surface area contributed by atoms with Crippen molar-refractivity contribution in [3.63, 3.8) is 0 Å². The zero-order valence-electron chi connectivity index (χ0n) is 10.8. The summed E-state index contributed by atoms with van der Waals surface area (Å²) in [6, 6.07) is 1.74. The molecule has 0 saturated carbocycles.